The van der Waals surface area contributed by atoms with Crippen LogP contribution in [0.15, 0.2) is 12.4 Å². The number of rotatable bonds is 7. The molecule has 19 heavy (non-hydrogen) atoms. The van der Waals surface area contributed by atoms with Gasteiger partial charge in [0, 0.05) is 6.20 Å². The van der Waals surface area contributed by atoms with E-state index in [2.05, 4.69) is 5.10 Å². The molecule has 0 fully saturated rings. The van der Waals surface area contributed by atoms with Gasteiger partial charge in [0.15, 0.2) is 0 Å². The Morgan fingerprint density at radius 2 is 1.95 bits per heavy atom. The van der Waals surface area contributed by atoms with E-state index in [1.807, 2.05) is 6.92 Å². The van der Waals surface area contributed by atoms with Gasteiger partial charge in [0.25, 0.3) is 0 Å². The molecule has 0 aromatic carbocycles. The van der Waals surface area contributed by atoms with Crippen molar-refractivity contribution in [3.05, 3.63) is 18.0 Å². The van der Waals surface area contributed by atoms with Crippen LogP contribution in [0.5, 0.6) is 0 Å². The molecule has 0 amide bonds. The first-order chi connectivity index (χ1) is 9.13. The Kier molecular flexibility index (Phi) is 6.05. The Bertz CT molecular complexity index is 428. The molecule has 0 bridgehead atoms. The average molecular weight is 268 g/mol. The van der Waals surface area contributed by atoms with Crippen molar-refractivity contribution in [2.75, 3.05) is 13.2 Å². The standard InChI is InChI=1S/C13H20N2O4/c1-4-7-11(13(17)19-6-3)15-9-10(8-14-15)12(16)18-5-2/h8-9,11H,4-7H2,1-3H3. The molecule has 1 aromatic rings. The van der Waals surface area contributed by atoms with Crippen molar-refractivity contribution >= 4 is 11.9 Å². The summed E-state index contributed by atoms with van der Waals surface area (Å²) in [4.78, 5) is 23.4. The highest BCUT2D eigenvalue weighted by Crippen LogP contribution is 2.16. The summed E-state index contributed by atoms with van der Waals surface area (Å²) in [6.45, 7) is 6.10. The molecule has 1 rings (SSSR count). The molecule has 0 N–H and O–H groups in total. The number of hydrogen-bond acceptors (Lipinski definition) is 5. The molecule has 1 aromatic heterocycles. The van der Waals surface area contributed by atoms with Crippen molar-refractivity contribution in [3.8, 4) is 0 Å². The van der Waals surface area contributed by atoms with Crippen LogP contribution in [0.1, 0.15) is 50.0 Å². The molecule has 1 heterocycles. The molecule has 1 atom stereocenters. The number of ether oxygens (including phenoxy) is 2. The zero-order valence-corrected chi connectivity index (χ0v) is 11.6. The summed E-state index contributed by atoms with van der Waals surface area (Å²) in [7, 11) is 0. The number of hydrogen-bond donors (Lipinski definition) is 0. The third kappa shape index (κ3) is 4.08. The van der Waals surface area contributed by atoms with E-state index >= 15 is 0 Å². The van der Waals surface area contributed by atoms with Crippen LogP contribution in [0.2, 0.25) is 0 Å². The van der Waals surface area contributed by atoms with Crippen LogP contribution in [0.3, 0.4) is 0 Å². The minimum Gasteiger partial charge on any atom is -0.464 e. The maximum absolute atomic E-state index is 11.8. The van der Waals surface area contributed by atoms with Crippen LogP contribution in [-0.4, -0.2) is 34.9 Å². The highest BCUT2D eigenvalue weighted by molar-refractivity contribution is 5.88. The first kappa shape index (κ1) is 15.2. The van der Waals surface area contributed by atoms with E-state index in [9.17, 15) is 9.59 Å². The number of esters is 2. The third-order valence-electron chi connectivity index (χ3n) is 2.55. The number of nitrogens with zero attached hydrogens (tertiary/aromatic N) is 2. The van der Waals surface area contributed by atoms with Gasteiger partial charge >= 0.3 is 11.9 Å². The summed E-state index contributed by atoms with van der Waals surface area (Å²) in [5.74, 6) is -0.768. The predicted octanol–water partition coefficient (Wildman–Crippen LogP) is 1.96. The summed E-state index contributed by atoms with van der Waals surface area (Å²) < 4.78 is 11.4. The molecule has 0 aliphatic heterocycles. The molecule has 0 aliphatic rings. The lowest BCUT2D eigenvalue weighted by atomic mass is 10.2. The van der Waals surface area contributed by atoms with E-state index in [4.69, 9.17) is 9.47 Å². The van der Waals surface area contributed by atoms with Gasteiger partial charge in [0.05, 0.1) is 25.0 Å². The Morgan fingerprint density at radius 1 is 1.26 bits per heavy atom. The van der Waals surface area contributed by atoms with Crippen LogP contribution in [-0.2, 0) is 14.3 Å². The van der Waals surface area contributed by atoms with Gasteiger partial charge in [-0.15, -0.1) is 0 Å². The fraction of sp³-hybridized carbons (Fsp3) is 0.615. The average Bonchev–Trinajstić information content (AvgIpc) is 2.85. The van der Waals surface area contributed by atoms with Gasteiger partial charge in [-0.05, 0) is 20.3 Å². The van der Waals surface area contributed by atoms with Crippen molar-refractivity contribution in [2.24, 2.45) is 0 Å². The molecular formula is C13H20N2O4. The lowest BCUT2D eigenvalue weighted by Gasteiger charge is -2.14. The van der Waals surface area contributed by atoms with E-state index < -0.39 is 12.0 Å². The minimum absolute atomic E-state index is 0.306. The molecule has 106 valence electrons. The highest BCUT2D eigenvalue weighted by Gasteiger charge is 2.23. The molecule has 0 saturated carbocycles. The monoisotopic (exact) mass is 268 g/mol. The summed E-state index contributed by atoms with van der Waals surface area (Å²) >= 11 is 0. The molecule has 0 radical (unpaired) electrons. The SMILES string of the molecule is CCCC(C(=O)OCC)n1cc(C(=O)OCC)cn1. The molecule has 0 spiro atoms. The second-order valence-electron chi connectivity index (χ2n) is 3.99. The lowest BCUT2D eigenvalue weighted by molar-refractivity contribution is -0.147. The van der Waals surface area contributed by atoms with Gasteiger partial charge in [-0.1, -0.05) is 13.3 Å². The number of carbonyl (C=O) groups excluding carboxylic acids is 2. The largest absolute Gasteiger partial charge is 0.464 e. The Balaban J connectivity index is 2.85. The summed E-state index contributed by atoms with van der Waals surface area (Å²) in [6.07, 6.45) is 4.36. The quantitative estimate of drug-likeness (QED) is 0.707. The first-order valence-corrected chi connectivity index (χ1v) is 6.51. The smallest absolute Gasteiger partial charge is 0.341 e. The minimum atomic E-state index is -0.492. The van der Waals surface area contributed by atoms with Gasteiger partial charge in [-0.3, -0.25) is 4.68 Å². The first-order valence-electron chi connectivity index (χ1n) is 6.51. The van der Waals surface area contributed by atoms with Crippen LogP contribution in [0, 0.1) is 0 Å². The van der Waals surface area contributed by atoms with Crippen LogP contribution in [0.4, 0.5) is 0 Å². The fourth-order valence-corrected chi connectivity index (χ4v) is 1.70. The van der Waals surface area contributed by atoms with E-state index in [1.165, 1.54) is 17.1 Å². The molecule has 6 heteroatoms. The van der Waals surface area contributed by atoms with Gasteiger partial charge < -0.3 is 9.47 Å². The zero-order chi connectivity index (χ0) is 14.3. The van der Waals surface area contributed by atoms with Crippen LogP contribution < -0.4 is 0 Å². The van der Waals surface area contributed by atoms with E-state index in [-0.39, 0.29) is 5.97 Å². The molecule has 1 unspecified atom stereocenters. The maximum Gasteiger partial charge on any atom is 0.341 e. The summed E-state index contributed by atoms with van der Waals surface area (Å²) in [5, 5.41) is 4.06. The van der Waals surface area contributed by atoms with Gasteiger partial charge in [0.2, 0.25) is 0 Å². The number of aromatic nitrogens is 2. The van der Waals surface area contributed by atoms with Crippen molar-refractivity contribution in [1.82, 2.24) is 9.78 Å². The van der Waals surface area contributed by atoms with Crippen molar-refractivity contribution in [2.45, 2.75) is 39.7 Å². The topological polar surface area (TPSA) is 70.4 Å². The molecule has 0 aliphatic carbocycles. The van der Waals surface area contributed by atoms with Crippen molar-refractivity contribution in [3.63, 3.8) is 0 Å². The molecule has 0 saturated heterocycles. The second kappa shape index (κ2) is 7.56. The molecular weight excluding hydrogens is 248 g/mol. The maximum atomic E-state index is 11.8. The fourth-order valence-electron chi connectivity index (χ4n) is 1.70. The van der Waals surface area contributed by atoms with Gasteiger partial charge in [0.1, 0.15) is 6.04 Å². The lowest BCUT2D eigenvalue weighted by Crippen LogP contribution is -2.22. The van der Waals surface area contributed by atoms with Crippen molar-refractivity contribution < 1.29 is 19.1 Å². The number of carbonyl (C=O) groups is 2. The summed E-state index contributed by atoms with van der Waals surface area (Å²) in [6, 6.07) is -0.492. The zero-order valence-electron chi connectivity index (χ0n) is 11.6. The second-order valence-corrected chi connectivity index (χ2v) is 3.99. The Morgan fingerprint density at radius 3 is 2.53 bits per heavy atom. The van der Waals surface area contributed by atoms with Crippen LogP contribution >= 0.6 is 0 Å². The van der Waals surface area contributed by atoms with Gasteiger partial charge in [-0.2, -0.15) is 5.10 Å². The highest BCUT2D eigenvalue weighted by atomic mass is 16.5. The van der Waals surface area contributed by atoms with E-state index in [1.54, 1.807) is 13.8 Å². The van der Waals surface area contributed by atoms with Crippen LogP contribution in [0.25, 0.3) is 0 Å². The normalized spacial score (nSPS) is 11.9. The Labute approximate surface area is 112 Å². The molecule has 6 nitrogen and oxygen atoms in total. The van der Waals surface area contributed by atoms with E-state index in [0.717, 1.165) is 6.42 Å². The van der Waals surface area contributed by atoms with Gasteiger partial charge in [-0.25, -0.2) is 9.59 Å². The van der Waals surface area contributed by atoms with E-state index in [0.29, 0.717) is 25.2 Å². The predicted molar refractivity (Wildman–Crippen MR) is 68.8 cm³/mol. The van der Waals surface area contributed by atoms with Crippen molar-refractivity contribution in [1.29, 1.82) is 0 Å². The Hall–Kier alpha value is -1.85. The third-order valence-corrected chi connectivity index (χ3v) is 2.55. The summed E-state index contributed by atoms with van der Waals surface area (Å²) in [5.41, 5.74) is 0.340.